The van der Waals surface area contributed by atoms with Crippen LogP contribution in [0.2, 0.25) is 0 Å². The van der Waals surface area contributed by atoms with E-state index < -0.39 is 53.5 Å². The number of hydrogen-bond donors (Lipinski definition) is 4. The van der Waals surface area contributed by atoms with E-state index in [1.807, 2.05) is 94.4 Å². The summed E-state index contributed by atoms with van der Waals surface area (Å²) in [5.74, 6) is -1.88. The number of ketones is 1. The summed E-state index contributed by atoms with van der Waals surface area (Å²) in [5, 5.41) is 20.0. The summed E-state index contributed by atoms with van der Waals surface area (Å²) in [6.07, 6.45) is 3.78. The molecule has 0 spiro atoms. The monoisotopic (exact) mass is 994 g/mol. The van der Waals surface area contributed by atoms with E-state index in [0.29, 0.717) is 68.0 Å². The topological polar surface area (TPSA) is 221 Å². The van der Waals surface area contributed by atoms with Crippen molar-refractivity contribution in [2.45, 2.75) is 123 Å². The van der Waals surface area contributed by atoms with Crippen molar-refractivity contribution >= 4 is 35.4 Å². The van der Waals surface area contributed by atoms with Crippen molar-refractivity contribution in [2.75, 3.05) is 39.5 Å². The van der Waals surface area contributed by atoms with Gasteiger partial charge < -0.3 is 44.7 Å². The number of ether oxygens (including phenoxy) is 4. The van der Waals surface area contributed by atoms with Crippen LogP contribution in [0.15, 0.2) is 85.1 Å². The number of quaternary nitrogens is 1. The van der Waals surface area contributed by atoms with Gasteiger partial charge in [0.1, 0.15) is 55.7 Å². The molecule has 18 nitrogen and oxygen atoms in total. The first kappa shape index (κ1) is 54.8. The number of nitrogens with zero attached hydrogens (tertiary/aromatic N) is 4. The molecule has 3 heterocycles. The van der Waals surface area contributed by atoms with Crippen LogP contribution in [0.3, 0.4) is 0 Å². The minimum absolute atomic E-state index is 0.0130. The molecule has 6 rings (SSSR count). The van der Waals surface area contributed by atoms with Gasteiger partial charge in [-0.05, 0) is 80.2 Å². The Morgan fingerprint density at radius 1 is 0.736 bits per heavy atom. The summed E-state index contributed by atoms with van der Waals surface area (Å²) in [6.45, 7) is 13.6. The van der Waals surface area contributed by atoms with Crippen LogP contribution in [0.4, 0.5) is 0 Å². The summed E-state index contributed by atoms with van der Waals surface area (Å²) >= 11 is 0. The van der Waals surface area contributed by atoms with Crippen LogP contribution in [0, 0.1) is 11.8 Å². The molecule has 18 heteroatoms. The molecule has 4 aromatic rings. The zero-order valence-corrected chi connectivity index (χ0v) is 42.8. The number of nitrogens with one attached hydrogen (secondary N) is 4. The molecule has 2 saturated heterocycles. The molecule has 72 heavy (non-hydrogen) atoms. The fraction of sp³-hybridized carbons (Fsp3) is 0.519. The predicted octanol–water partition coefficient (Wildman–Crippen LogP) is 4.32. The molecule has 4 N–H and O–H groups in total. The molecule has 2 aliphatic rings. The van der Waals surface area contributed by atoms with Gasteiger partial charge in [0.2, 0.25) is 17.7 Å². The molecule has 0 aliphatic carbocycles. The van der Waals surface area contributed by atoms with Crippen LogP contribution >= 0.6 is 0 Å². The van der Waals surface area contributed by atoms with Crippen LogP contribution < -0.4 is 30.7 Å². The first-order chi connectivity index (χ1) is 34.4. The molecule has 1 aromatic heterocycles. The van der Waals surface area contributed by atoms with Crippen LogP contribution in [-0.2, 0) is 71.3 Å². The first-order valence-corrected chi connectivity index (χ1v) is 25.1. The smallest absolute Gasteiger partial charge is 0.308 e. The Morgan fingerprint density at radius 3 is 1.94 bits per heavy atom. The number of carbonyl (C=O) groups excluding carboxylic acids is 6. The SMILES string of the molecule is CC(=O)Oc1ccc(C[N+]2(CC(=O)N[C@@H](CCc3ccccc3)C(=O)N[C@@H](CCC(C)C)C(=O)N[C@@H](Cc3ccccc3)C(=O)N[C@@H](CC(C)C)C(=O)[C@@]3(C)CO3)CCOCC2)cc1OCc1cn(C)nn1. The molecule has 2 aliphatic heterocycles. The van der Waals surface area contributed by atoms with E-state index in [1.54, 1.807) is 37.0 Å². The lowest BCUT2D eigenvalue weighted by Crippen LogP contribution is -2.61. The third-order valence-corrected chi connectivity index (χ3v) is 12.9. The lowest BCUT2D eigenvalue weighted by atomic mass is 9.93. The number of carbonyl (C=O) groups is 6. The van der Waals surface area contributed by atoms with Gasteiger partial charge in [-0.2, -0.15) is 0 Å². The van der Waals surface area contributed by atoms with Gasteiger partial charge >= 0.3 is 5.97 Å². The Morgan fingerprint density at radius 2 is 1.35 bits per heavy atom. The second kappa shape index (κ2) is 25.7. The number of benzene rings is 3. The number of aromatic nitrogens is 3. The van der Waals surface area contributed by atoms with E-state index in [2.05, 4.69) is 31.6 Å². The van der Waals surface area contributed by atoms with Crippen molar-refractivity contribution in [1.29, 1.82) is 0 Å². The second-order valence-corrected chi connectivity index (χ2v) is 20.3. The molecule has 0 saturated carbocycles. The Hall–Kier alpha value is -6.50. The zero-order valence-electron chi connectivity index (χ0n) is 42.8. The number of aryl methyl sites for hydroxylation is 2. The molecule has 0 bridgehead atoms. The van der Waals surface area contributed by atoms with E-state index in [1.165, 1.54) is 6.92 Å². The molecule has 388 valence electrons. The lowest BCUT2D eigenvalue weighted by Gasteiger charge is -2.41. The number of Topliss-reactive ketones (excluding diaryl/α,β-unsaturated/α-hetero) is 1. The van der Waals surface area contributed by atoms with Crippen molar-refractivity contribution in [3.05, 3.63) is 107 Å². The highest BCUT2D eigenvalue weighted by Gasteiger charge is 2.50. The fourth-order valence-corrected chi connectivity index (χ4v) is 8.84. The largest absolute Gasteiger partial charge is 0.483 e. The molecular formula is C54H73N8O10+. The highest BCUT2D eigenvalue weighted by atomic mass is 16.6. The molecule has 0 unspecified atom stereocenters. The summed E-state index contributed by atoms with van der Waals surface area (Å²) in [4.78, 5) is 83.5. The molecular weight excluding hydrogens is 921 g/mol. The van der Waals surface area contributed by atoms with Crippen LogP contribution in [0.5, 0.6) is 11.5 Å². The number of hydrogen-bond acceptors (Lipinski definition) is 12. The number of esters is 1. The average molecular weight is 994 g/mol. The minimum atomic E-state index is -1.09. The van der Waals surface area contributed by atoms with E-state index in [9.17, 15) is 28.8 Å². The third kappa shape index (κ3) is 16.8. The van der Waals surface area contributed by atoms with Crippen molar-refractivity contribution in [3.8, 4) is 11.5 Å². The number of morpholine rings is 1. The Bertz CT molecular complexity index is 2450. The van der Waals surface area contributed by atoms with Crippen LogP contribution in [0.25, 0.3) is 0 Å². The number of amides is 4. The molecule has 4 amide bonds. The highest BCUT2D eigenvalue weighted by molar-refractivity contribution is 5.99. The first-order valence-electron chi connectivity index (χ1n) is 25.1. The van der Waals surface area contributed by atoms with Crippen molar-refractivity contribution in [2.24, 2.45) is 18.9 Å². The maximum Gasteiger partial charge on any atom is 0.308 e. The highest BCUT2D eigenvalue weighted by Crippen LogP contribution is 2.32. The quantitative estimate of drug-likeness (QED) is 0.0284. The maximum absolute atomic E-state index is 14.6. The minimum Gasteiger partial charge on any atom is -0.483 e. The normalized spacial score (nSPS) is 17.7. The summed E-state index contributed by atoms with van der Waals surface area (Å²) < 4.78 is 24.7. The van der Waals surface area contributed by atoms with E-state index >= 15 is 0 Å². The maximum atomic E-state index is 14.6. The Balaban J connectivity index is 1.21. The van der Waals surface area contributed by atoms with Gasteiger partial charge in [0.15, 0.2) is 23.8 Å². The van der Waals surface area contributed by atoms with E-state index in [0.717, 1.165) is 16.7 Å². The van der Waals surface area contributed by atoms with Crippen LogP contribution in [-0.4, -0.2) is 124 Å². The Kier molecular flexibility index (Phi) is 19.6. The summed E-state index contributed by atoms with van der Waals surface area (Å²) in [6, 6.07) is 20.2. The number of epoxide rings is 1. The van der Waals surface area contributed by atoms with Gasteiger partial charge in [0, 0.05) is 26.0 Å². The predicted molar refractivity (Wildman–Crippen MR) is 268 cm³/mol. The van der Waals surface area contributed by atoms with Gasteiger partial charge in [-0.25, -0.2) is 0 Å². The molecule has 3 aromatic carbocycles. The van der Waals surface area contributed by atoms with E-state index in [4.69, 9.17) is 18.9 Å². The second-order valence-electron chi connectivity index (χ2n) is 20.3. The average Bonchev–Trinajstić information content (AvgIpc) is 3.96. The van der Waals surface area contributed by atoms with Gasteiger partial charge in [-0.1, -0.05) is 93.6 Å². The van der Waals surface area contributed by atoms with Crippen molar-refractivity contribution in [1.82, 2.24) is 36.3 Å². The molecule has 0 radical (unpaired) electrons. The molecule has 5 atom stereocenters. The van der Waals surface area contributed by atoms with Gasteiger partial charge in [0.25, 0.3) is 5.91 Å². The van der Waals surface area contributed by atoms with Gasteiger partial charge in [-0.15, -0.1) is 5.10 Å². The van der Waals surface area contributed by atoms with Crippen molar-refractivity contribution in [3.63, 3.8) is 0 Å². The van der Waals surface area contributed by atoms with Crippen molar-refractivity contribution < 1.29 is 52.2 Å². The molecule has 2 fully saturated rings. The fourth-order valence-electron chi connectivity index (χ4n) is 8.84. The summed E-state index contributed by atoms with van der Waals surface area (Å²) in [5.41, 5.74) is 2.19. The van der Waals surface area contributed by atoms with Gasteiger partial charge in [0.05, 0.1) is 32.1 Å². The summed E-state index contributed by atoms with van der Waals surface area (Å²) in [7, 11) is 1.75. The lowest BCUT2D eigenvalue weighted by molar-refractivity contribution is -0.940. The zero-order chi connectivity index (χ0) is 51.8. The Labute approximate surface area is 422 Å². The van der Waals surface area contributed by atoms with Crippen LogP contribution in [0.1, 0.15) is 89.6 Å². The third-order valence-electron chi connectivity index (χ3n) is 12.9. The number of rotatable bonds is 27. The van der Waals surface area contributed by atoms with E-state index in [-0.39, 0.29) is 68.3 Å². The van der Waals surface area contributed by atoms with Gasteiger partial charge in [-0.3, -0.25) is 33.4 Å². The standard InChI is InChI=1S/C54H72N8O10/c1-36(2)18-21-44(52(67)58-46(29-40-16-12-9-13-17-40)53(68)57-45(28-37(3)4)50(65)54(6)35-71-54)56-51(66)43(22-19-39-14-10-8-11-15-39)55-49(64)33-62(24-26-69-27-25-62)32-41-20-23-47(72-38(5)63)48(30-41)70-34-42-31-61(7)60-59-42/h8-17,20,23,30-31,36-37,43-46H,18-19,21-22,24-29,32-35H2,1-7H3,(H3-,55,56,57,58,64,66,67,68)/p+1/t43-,44-,45-,46-,54+/m0/s1.